The largest absolute Gasteiger partial charge is 0.361 e. The molecule has 1 aliphatic rings. The third-order valence-electron chi connectivity index (χ3n) is 6.71. The van der Waals surface area contributed by atoms with Crippen molar-refractivity contribution in [1.82, 2.24) is 16.0 Å². The summed E-state index contributed by atoms with van der Waals surface area (Å²) in [5, 5.41) is 11.2. The topological polar surface area (TPSA) is 129 Å². The number of epoxide rings is 1. The Hall–Kier alpha value is -3.72. The second kappa shape index (κ2) is 14.1. The molecule has 0 bridgehead atoms. The van der Waals surface area contributed by atoms with Crippen LogP contribution in [0.15, 0.2) is 60.7 Å². The number of rotatable bonds is 14. The maximum absolute atomic E-state index is 13.6. The molecule has 0 saturated carbocycles. The summed E-state index contributed by atoms with van der Waals surface area (Å²) in [7, 11) is 0. The fourth-order valence-corrected chi connectivity index (χ4v) is 4.48. The van der Waals surface area contributed by atoms with E-state index >= 15 is 0 Å². The zero-order valence-corrected chi connectivity index (χ0v) is 24.0. The van der Waals surface area contributed by atoms with Gasteiger partial charge in [-0.25, -0.2) is 4.79 Å². The van der Waals surface area contributed by atoms with Crippen molar-refractivity contribution in [3.05, 3.63) is 66.2 Å². The molecule has 9 heteroatoms. The Morgan fingerprint density at radius 2 is 1.25 bits per heavy atom. The molecule has 4 amide bonds. The van der Waals surface area contributed by atoms with Gasteiger partial charge >= 0.3 is 6.03 Å². The second-order valence-corrected chi connectivity index (χ2v) is 11.5. The summed E-state index contributed by atoms with van der Waals surface area (Å²) in [5.41, 5.74) is 0.560. The third-order valence-corrected chi connectivity index (χ3v) is 6.71. The number of Topliss-reactive ketones (excluding diaryl/α,β-unsaturated/α-hetero) is 1. The average Bonchev–Trinajstić information content (AvgIpc) is 3.66. The molecule has 40 heavy (non-hydrogen) atoms. The van der Waals surface area contributed by atoms with Crippen molar-refractivity contribution in [2.45, 2.75) is 77.6 Å². The van der Waals surface area contributed by atoms with E-state index in [0.29, 0.717) is 25.1 Å². The zero-order valence-electron chi connectivity index (χ0n) is 24.0. The van der Waals surface area contributed by atoms with Crippen LogP contribution in [0.25, 0.3) is 0 Å². The first-order valence-corrected chi connectivity index (χ1v) is 13.9. The third kappa shape index (κ3) is 9.48. The Kier molecular flexibility index (Phi) is 10.8. The van der Waals surface area contributed by atoms with E-state index in [2.05, 4.69) is 21.3 Å². The van der Waals surface area contributed by atoms with Gasteiger partial charge in [-0.15, -0.1) is 0 Å². The van der Waals surface area contributed by atoms with E-state index in [0.717, 1.165) is 5.56 Å². The molecule has 9 nitrogen and oxygen atoms in total. The van der Waals surface area contributed by atoms with E-state index in [1.54, 1.807) is 31.2 Å². The summed E-state index contributed by atoms with van der Waals surface area (Å²) in [6, 6.07) is 15.2. The molecule has 4 atom stereocenters. The van der Waals surface area contributed by atoms with Crippen molar-refractivity contribution in [3.8, 4) is 0 Å². The van der Waals surface area contributed by atoms with Crippen molar-refractivity contribution in [2.75, 3.05) is 11.9 Å². The fourth-order valence-electron chi connectivity index (χ4n) is 4.48. The van der Waals surface area contributed by atoms with Gasteiger partial charge in [-0.05, 0) is 49.3 Å². The molecular formula is C31H42N4O5. The lowest BCUT2D eigenvalue weighted by Crippen LogP contribution is -2.57. The Balaban J connectivity index is 1.77. The first-order chi connectivity index (χ1) is 19.0. The molecule has 4 N–H and O–H groups in total. The Morgan fingerprint density at radius 1 is 0.750 bits per heavy atom. The Bertz CT molecular complexity index is 1150. The quantitative estimate of drug-likeness (QED) is 0.266. The van der Waals surface area contributed by atoms with Gasteiger partial charge in [0.25, 0.3) is 0 Å². The van der Waals surface area contributed by atoms with E-state index in [4.69, 9.17) is 4.74 Å². The van der Waals surface area contributed by atoms with E-state index in [9.17, 15) is 19.2 Å². The van der Waals surface area contributed by atoms with Gasteiger partial charge in [-0.3, -0.25) is 14.4 Å². The molecule has 3 rings (SSSR count). The van der Waals surface area contributed by atoms with E-state index in [-0.39, 0.29) is 24.0 Å². The van der Waals surface area contributed by atoms with Crippen molar-refractivity contribution in [2.24, 2.45) is 11.8 Å². The molecule has 2 aromatic rings. The van der Waals surface area contributed by atoms with Crippen molar-refractivity contribution < 1.29 is 23.9 Å². The summed E-state index contributed by atoms with van der Waals surface area (Å²) in [6.07, 6.45) is 1.05. The number of hydrogen-bond acceptors (Lipinski definition) is 5. The van der Waals surface area contributed by atoms with Gasteiger partial charge in [0.05, 0.1) is 12.6 Å². The molecule has 0 radical (unpaired) electrons. The molecule has 1 fully saturated rings. The molecular weight excluding hydrogens is 508 g/mol. The molecule has 0 aliphatic carbocycles. The Morgan fingerprint density at radius 3 is 1.80 bits per heavy atom. The van der Waals surface area contributed by atoms with E-state index < -0.39 is 41.6 Å². The summed E-state index contributed by atoms with van der Waals surface area (Å²) >= 11 is 0. The number of para-hydroxylation sites is 1. The number of carbonyl (C=O) groups is 4. The molecule has 2 aromatic carbocycles. The van der Waals surface area contributed by atoms with Gasteiger partial charge in [0.1, 0.15) is 17.7 Å². The van der Waals surface area contributed by atoms with Gasteiger partial charge in [-0.1, -0.05) is 76.2 Å². The second-order valence-electron chi connectivity index (χ2n) is 11.5. The lowest BCUT2D eigenvalue weighted by molar-refractivity contribution is -0.133. The summed E-state index contributed by atoms with van der Waals surface area (Å²) in [5.74, 6) is -0.853. The number of ketones is 1. The number of amides is 4. The molecule has 1 aliphatic heterocycles. The molecule has 2 unspecified atom stereocenters. The number of ether oxygens (including phenoxy) is 1. The predicted molar refractivity (Wildman–Crippen MR) is 155 cm³/mol. The predicted octanol–water partition coefficient (Wildman–Crippen LogP) is 3.84. The SMILES string of the molecule is CC(C)CC(NC(=O)Nc1ccccc1)C(=O)N[C@@H](Cc1ccccc1)C(=O)NC(CC(C)C)C(=O)[C@@]1(C)CO1. The first-order valence-electron chi connectivity index (χ1n) is 13.9. The van der Waals surface area contributed by atoms with Crippen molar-refractivity contribution in [3.63, 3.8) is 0 Å². The number of nitrogens with one attached hydrogen (secondary N) is 4. The highest BCUT2D eigenvalue weighted by molar-refractivity contribution is 5.99. The van der Waals surface area contributed by atoms with Gasteiger partial charge in [-0.2, -0.15) is 0 Å². The van der Waals surface area contributed by atoms with Crippen LogP contribution in [-0.4, -0.2) is 54.0 Å². The molecule has 1 heterocycles. The highest BCUT2D eigenvalue weighted by Gasteiger charge is 2.50. The molecule has 1 saturated heterocycles. The lowest BCUT2D eigenvalue weighted by Gasteiger charge is -2.27. The minimum atomic E-state index is -0.959. The van der Waals surface area contributed by atoms with Crippen LogP contribution in [0.5, 0.6) is 0 Å². The molecule has 0 spiro atoms. The monoisotopic (exact) mass is 550 g/mol. The van der Waals surface area contributed by atoms with Crippen LogP contribution in [-0.2, 0) is 25.5 Å². The summed E-state index contributed by atoms with van der Waals surface area (Å²) < 4.78 is 5.35. The highest BCUT2D eigenvalue weighted by atomic mass is 16.6. The van der Waals surface area contributed by atoms with Crippen LogP contribution in [0.1, 0.15) is 53.0 Å². The van der Waals surface area contributed by atoms with Crippen LogP contribution in [0.2, 0.25) is 0 Å². The maximum Gasteiger partial charge on any atom is 0.319 e. The van der Waals surface area contributed by atoms with Gasteiger partial charge in [0, 0.05) is 12.1 Å². The van der Waals surface area contributed by atoms with E-state index in [1.807, 2.05) is 64.1 Å². The molecule has 0 aromatic heterocycles. The van der Waals surface area contributed by atoms with Crippen molar-refractivity contribution in [1.29, 1.82) is 0 Å². The number of urea groups is 1. The van der Waals surface area contributed by atoms with Crippen LogP contribution in [0.3, 0.4) is 0 Å². The number of carbonyl (C=O) groups excluding carboxylic acids is 4. The van der Waals surface area contributed by atoms with Crippen LogP contribution >= 0.6 is 0 Å². The number of hydrogen-bond donors (Lipinski definition) is 4. The zero-order chi connectivity index (χ0) is 29.3. The average molecular weight is 551 g/mol. The van der Waals surface area contributed by atoms with Gasteiger partial charge in [0.2, 0.25) is 11.8 Å². The number of benzene rings is 2. The molecule has 216 valence electrons. The van der Waals surface area contributed by atoms with Crippen molar-refractivity contribution >= 4 is 29.3 Å². The van der Waals surface area contributed by atoms with E-state index in [1.165, 1.54) is 0 Å². The first kappa shape index (κ1) is 30.8. The standard InChI is InChI=1S/C31H42N4O5/c1-20(2)16-24(27(36)31(5)19-40-31)33-29(38)26(18-22-12-8-6-9-13-22)34-28(37)25(17-21(3)4)35-30(39)32-23-14-10-7-11-15-23/h6-15,20-21,24-26H,16-19H2,1-5H3,(H,33,38)(H,34,37)(H2,32,35,39)/t24?,25?,26-,31+/m0/s1. The minimum Gasteiger partial charge on any atom is -0.361 e. The summed E-state index contributed by atoms with van der Waals surface area (Å²) in [4.78, 5) is 53.0. The lowest BCUT2D eigenvalue weighted by atomic mass is 9.93. The Labute approximate surface area is 236 Å². The summed E-state index contributed by atoms with van der Waals surface area (Å²) in [6.45, 7) is 9.92. The highest BCUT2D eigenvalue weighted by Crippen LogP contribution is 2.29. The van der Waals surface area contributed by atoms with Crippen LogP contribution < -0.4 is 21.3 Å². The fraction of sp³-hybridized carbons (Fsp3) is 0.484. The minimum absolute atomic E-state index is 0.0986. The smallest absolute Gasteiger partial charge is 0.319 e. The van der Waals surface area contributed by atoms with Crippen LogP contribution in [0.4, 0.5) is 10.5 Å². The van der Waals surface area contributed by atoms with Gasteiger partial charge in [0.15, 0.2) is 5.78 Å². The van der Waals surface area contributed by atoms with Crippen LogP contribution in [0, 0.1) is 11.8 Å². The van der Waals surface area contributed by atoms with Gasteiger partial charge < -0.3 is 26.0 Å². The number of anilines is 1. The normalized spacial score (nSPS) is 18.4. The maximum atomic E-state index is 13.6.